The molecule has 0 aromatic heterocycles. The van der Waals surface area contributed by atoms with Crippen molar-refractivity contribution in [3.63, 3.8) is 0 Å². The molecule has 0 heterocycles. The third kappa shape index (κ3) is 5.28. The first-order valence-electron chi connectivity index (χ1n) is 10.2. The van der Waals surface area contributed by atoms with Crippen molar-refractivity contribution in [3.8, 4) is 0 Å². The summed E-state index contributed by atoms with van der Waals surface area (Å²) < 4.78 is 65.3. The summed E-state index contributed by atoms with van der Waals surface area (Å²) >= 11 is 18.5. The number of nitrogens with one attached hydrogen (secondary N) is 2. The zero-order valence-corrected chi connectivity index (χ0v) is 20.0. The van der Waals surface area contributed by atoms with Crippen molar-refractivity contribution in [2.24, 2.45) is 5.92 Å². The van der Waals surface area contributed by atoms with E-state index in [1.807, 2.05) is 0 Å². The highest BCUT2D eigenvalue weighted by atomic mass is 35.5. The summed E-state index contributed by atoms with van der Waals surface area (Å²) in [7, 11) is 0. The van der Waals surface area contributed by atoms with Gasteiger partial charge in [0, 0.05) is 23.2 Å². The molecule has 0 saturated heterocycles. The number of benzene rings is 3. The van der Waals surface area contributed by atoms with E-state index in [1.54, 1.807) is 0 Å². The number of amides is 2. The van der Waals surface area contributed by atoms with E-state index < -0.39 is 57.4 Å². The van der Waals surface area contributed by atoms with Gasteiger partial charge < -0.3 is 10.6 Å². The van der Waals surface area contributed by atoms with Crippen LogP contribution < -0.4 is 10.6 Å². The molecule has 4 rings (SSSR count). The third-order valence-corrected chi connectivity index (χ3v) is 6.82. The second-order valence-corrected chi connectivity index (χ2v) is 9.86. The lowest BCUT2D eigenvalue weighted by Crippen LogP contribution is -2.18. The molecule has 2 atom stereocenters. The van der Waals surface area contributed by atoms with Crippen LogP contribution in [0.4, 0.5) is 33.3 Å². The smallest absolute Gasteiger partial charge is 0.263 e. The Morgan fingerprint density at radius 3 is 2.28 bits per heavy atom. The second kappa shape index (κ2) is 9.88. The molecule has 4 nitrogen and oxygen atoms in total. The van der Waals surface area contributed by atoms with E-state index >= 15 is 0 Å². The van der Waals surface area contributed by atoms with Gasteiger partial charge in [-0.15, -0.1) is 23.2 Å². The molecule has 0 radical (unpaired) electrons. The van der Waals surface area contributed by atoms with Crippen LogP contribution >= 0.6 is 34.8 Å². The van der Waals surface area contributed by atoms with Crippen molar-refractivity contribution < 1.29 is 31.5 Å². The molecule has 2 N–H and O–H groups in total. The standard InChI is InChI=1S/C24H14Cl3F5N2O2/c25-16-3-2-14(9-15(16)22(35)34-18-4-1-12(28)8-17(18)30)33-23(36)20-19(24(20,26)27)10-5-11(21(31)32)7-13(29)6-10/h1-9,19-21H,(H,33,36)(H,34,35)/t19-,20+/m0/s1. The molecule has 12 heteroatoms. The Kier molecular flexibility index (Phi) is 7.19. The van der Waals surface area contributed by atoms with Gasteiger partial charge in [0.05, 0.1) is 22.2 Å². The zero-order chi connectivity index (χ0) is 26.4. The molecular weight excluding hydrogens is 550 g/mol. The highest BCUT2D eigenvalue weighted by Crippen LogP contribution is 2.65. The normalized spacial score (nSPS) is 18.1. The van der Waals surface area contributed by atoms with Crippen LogP contribution in [0.25, 0.3) is 0 Å². The van der Waals surface area contributed by atoms with E-state index in [-0.39, 0.29) is 27.5 Å². The summed E-state index contributed by atoms with van der Waals surface area (Å²) in [5.74, 6) is -6.40. The first kappa shape index (κ1) is 26.2. The molecule has 36 heavy (non-hydrogen) atoms. The maximum absolute atomic E-state index is 13.9. The van der Waals surface area contributed by atoms with Gasteiger partial charge in [-0.3, -0.25) is 9.59 Å². The van der Waals surface area contributed by atoms with Gasteiger partial charge in [0.15, 0.2) is 0 Å². The Morgan fingerprint density at radius 1 is 0.889 bits per heavy atom. The van der Waals surface area contributed by atoms with Crippen LogP contribution in [0.15, 0.2) is 54.6 Å². The highest BCUT2D eigenvalue weighted by Gasteiger charge is 2.67. The van der Waals surface area contributed by atoms with Gasteiger partial charge in [-0.25, -0.2) is 22.0 Å². The van der Waals surface area contributed by atoms with Crippen LogP contribution in [0.5, 0.6) is 0 Å². The van der Waals surface area contributed by atoms with Gasteiger partial charge in [-0.05, 0) is 54.1 Å². The summed E-state index contributed by atoms with van der Waals surface area (Å²) in [5.41, 5.74) is -0.879. The summed E-state index contributed by atoms with van der Waals surface area (Å²) in [5, 5.41) is 4.73. The highest BCUT2D eigenvalue weighted by molar-refractivity contribution is 6.53. The molecular formula is C24H14Cl3F5N2O2. The van der Waals surface area contributed by atoms with Crippen molar-refractivity contribution in [3.05, 3.63) is 93.8 Å². The molecule has 1 aliphatic carbocycles. The lowest BCUT2D eigenvalue weighted by atomic mass is 10.0. The van der Waals surface area contributed by atoms with Gasteiger partial charge in [-0.1, -0.05) is 11.6 Å². The van der Waals surface area contributed by atoms with E-state index in [1.165, 1.54) is 18.2 Å². The molecule has 1 aliphatic rings. The van der Waals surface area contributed by atoms with Crippen LogP contribution in [0, 0.1) is 23.4 Å². The Hall–Kier alpha value is -2.88. The quantitative estimate of drug-likeness (QED) is 0.241. The van der Waals surface area contributed by atoms with E-state index in [4.69, 9.17) is 34.8 Å². The summed E-state index contributed by atoms with van der Waals surface area (Å²) in [6.07, 6.45) is -2.94. The first-order chi connectivity index (χ1) is 16.9. The van der Waals surface area contributed by atoms with E-state index in [0.717, 1.165) is 24.3 Å². The Labute approximate surface area is 216 Å². The molecule has 0 unspecified atom stereocenters. The van der Waals surface area contributed by atoms with Crippen molar-refractivity contribution >= 4 is 58.0 Å². The number of hydrogen-bond acceptors (Lipinski definition) is 2. The number of alkyl halides is 4. The molecule has 2 amide bonds. The molecule has 0 spiro atoms. The van der Waals surface area contributed by atoms with Crippen molar-refractivity contribution in [1.29, 1.82) is 0 Å². The van der Waals surface area contributed by atoms with Crippen molar-refractivity contribution in [2.45, 2.75) is 16.7 Å². The van der Waals surface area contributed by atoms with E-state index in [9.17, 15) is 31.5 Å². The van der Waals surface area contributed by atoms with Gasteiger partial charge in [0.25, 0.3) is 12.3 Å². The van der Waals surface area contributed by atoms with Crippen molar-refractivity contribution in [2.75, 3.05) is 10.6 Å². The number of hydrogen-bond donors (Lipinski definition) is 2. The monoisotopic (exact) mass is 562 g/mol. The zero-order valence-electron chi connectivity index (χ0n) is 17.8. The van der Waals surface area contributed by atoms with Crippen LogP contribution in [0.1, 0.15) is 33.8 Å². The Balaban J connectivity index is 1.52. The lowest BCUT2D eigenvalue weighted by Gasteiger charge is -2.11. The third-order valence-electron chi connectivity index (χ3n) is 5.55. The minimum atomic E-state index is -2.94. The molecule has 0 aliphatic heterocycles. The summed E-state index contributed by atoms with van der Waals surface area (Å²) in [6, 6.07) is 9.13. The SMILES string of the molecule is O=C(Nc1ccc(F)cc1F)c1cc(NC(=O)[C@H]2[C@H](c3cc(F)cc(C(F)F)c3)C2(Cl)Cl)ccc1Cl. The topological polar surface area (TPSA) is 58.2 Å². The number of anilines is 2. The number of rotatable bonds is 6. The fourth-order valence-electron chi connectivity index (χ4n) is 3.79. The lowest BCUT2D eigenvalue weighted by molar-refractivity contribution is -0.117. The molecule has 188 valence electrons. The van der Waals surface area contributed by atoms with Crippen LogP contribution in [0.3, 0.4) is 0 Å². The maximum Gasteiger partial charge on any atom is 0.263 e. The van der Waals surface area contributed by atoms with E-state index in [0.29, 0.717) is 12.1 Å². The van der Waals surface area contributed by atoms with Gasteiger partial charge in [0.1, 0.15) is 21.8 Å². The summed E-state index contributed by atoms with van der Waals surface area (Å²) in [6.45, 7) is 0. The molecule has 1 saturated carbocycles. The average molecular weight is 564 g/mol. The number of carbonyl (C=O) groups excluding carboxylic acids is 2. The van der Waals surface area contributed by atoms with Gasteiger partial charge in [0.2, 0.25) is 5.91 Å². The van der Waals surface area contributed by atoms with E-state index in [2.05, 4.69) is 10.6 Å². The minimum absolute atomic E-state index is 0.0272. The molecule has 1 fully saturated rings. The Bertz CT molecular complexity index is 1370. The average Bonchev–Trinajstić information content (AvgIpc) is 3.38. The minimum Gasteiger partial charge on any atom is -0.326 e. The van der Waals surface area contributed by atoms with Crippen LogP contribution in [-0.2, 0) is 4.79 Å². The Morgan fingerprint density at radius 2 is 1.61 bits per heavy atom. The fourth-order valence-corrected chi connectivity index (χ4v) is 4.82. The molecule has 0 bridgehead atoms. The maximum atomic E-state index is 13.9. The van der Waals surface area contributed by atoms with Crippen molar-refractivity contribution in [1.82, 2.24) is 0 Å². The number of carbonyl (C=O) groups is 2. The van der Waals surface area contributed by atoms with Crippen LogP contribution in [-0.4, -0.2) is 16.1 Å². The van der Waals surface area contributed by atoms with Gasteiger partial charge >= 0.3 is 0 Å². The predicted octanol–water partition coefficient (Wildman–Crippen LogP) is 7.47. The largest absolute Gasteiger partial charge is 0.326 e. The van der Waals surface area contributed by atoms with Crippen LogP contribution in [0.2, 0.25) is 5.02 Å². The fraction of sp³-hybridized carbons (Fsp3) is 0.167. The first-order valence-corrected chi connectivity index (χ1v) is 11.3. The van der Waals surface area contributed by atoms with Gasteiger partial charge in [-0.2, -0.15) is 0 Å². The molecule has 3 aromatic rings. The second-order valence-electron chi connectivity index (χ2n) is 8.01. The number of halogens is 8. The summed E-state index contributed by atoms with van der Waals surface area (Å²) in [4.78, 5) is 25.5. The predicted molar refractivity (Wildman–Crippen MR) is 126 cm³/mol. The molecule has 3 aromatic carbocycles.